The van der Waals surface area contributed by atoms with Crippen molar-refractivity contribution in [2.24, 2.45) is 5.41 Å². The second-order valence-electron chi connectivity index (χ2n) is 5.01. The van der Waals surface area contributed by atoms with Crippen molar-refractivity contribution < 1.29 is 12.3 Å². The zero-order valence-corrected chi connectivity index (χ0v) is 10.6. The highest BCUT2D eigenvalue weighted by atomic mass is 32.3. The maximum atomic E-state index is 12.6. The minimum atomic E-state index is -4.41. The molecular weight excluding hydrogens is 227 g/mol. The molecule has 0 aliphatic carbocycles. The van der Waals surface area contributed by atoms with Crippen LogP contribution in [-0.2, 0) is 16.6 Å². The minimum Gasteiger partial charge on any atom is -0.195 e. The lowest BCUT2D eigenvalue weighted by Crippen LogP contribution is -2.24. The molecule has 4 heteroatoms. The van der Waals surface area contributed by atoms with E-state index in [0.717, 1.165) is 11.1 Å². The molecule has 90 valence electrons. The fraction of sp³-hybridized carbons (Fsp3) is 0.500. The molecule has 0 aliphatic rings. The number of hydrogen-bond acceptors (Lipinski definition) is 2. The summed E-state index contributed by atoms with van der Waals surface area (Å²) in [5.74, 6) is -0.437. The lowest BCUT2D eigenvalue weighted by atomic mass is 9.88. The zero-order chi connectivity index (χ0) is 12.4. The number of halogens is 1. The van der Waals surface area contributed by atoms with E-state index in [1.165, 1.54) is 0 Å². The smallest absolute Gasteiger partial charge is 0.195 e. The van der Waals surface area contributed by atoms with E-state index in [2.05, 4.69) is 0 Å². The van der Waals surface area contributed by atoms with Crippen molar-refractivity contribution in [2.45, 2.75) is 27.2 Å². The Balaban J connectivity index is 2.76. The molecule has 1 rings (SSSR count). The van der Waals surface area contributed by atoms with Crippen LogP contribution in [0.25, 0.3) is 0 Å². The summed E-state index contributed by atoms with van der Waals surface area (Å²) in [6.45, 7) is 5.49. The van der Waals surface area contributed by atoms with Gasteiger partial charge in [0.2, 0.25) is 0 Å². The Hall–Kier alpha value is -0.900. The van der Waals surface area contributed by atoms with E-state index in [-0.39, 0.29) is 0 Å². The minimum absolute atomic E-state index is 0.437. The van der Waals surface area contributed by atoms with E-state index in [1.54, 1.807) is 13.8 Å². The molecule has 0 saturated carbocycles. The predicted octanol–water partition coefficient (Wildman–Crippen LogP) is 2.86. The number of aryl methyl sites for hydroxylation is 1. The Morgan fingerprint density at radius 2 is 1.69 bits per heavy atom. The Bertz CT molecular complexity index is 446. The van der Waals surface area contributed by atoms with E-state index in [4.69, 9.17) is 0 Å². The summed E-state index contributed by atoms with van der Waals surface area (Å²) in [5, 5.41) is 0. The zero-order valence-electron chi connectivity index (χ0n) is 9.83. The quantitative estimate of drug-likeness (QED) is 0.763. The largest absolute Gasteiger partial charge is 0.302 e. The standard InChI is InChI=1S/C12H17FO2S/c1-10-4-6-11(7-5-10)8-12(2,3)9-16(13,14)15/h4-7H,8-9H2,1-3H3. The molecule has 0 bridgehead atoms. The molecule has 0 radical (unpaired) electrons. The highest BCUT2D eigenvalue weighted by Crippen LogP contribution is 2.24. The molecular formula is C12H17FO2S. The van der Waals surface area contributed by atoms with Crippen LogP contribution >= 0.6 is 0 Å². The summed E-state index contributed by atoms with van der Waals surface area (Å²) in [7, 11) is -4.41. The average molecular weight is 244 g/mol. The third kappa shape index (κ3) is 4.75. The first kappa shape index (κ1) is 13.2. The van der Waals surface area contributed by atoms with Crippen LogP contribution in [0, 0.1) is 12.3 Å². The maximum Gasteiger partial charge on any atom is 0.302 e. The van der Waals surface area contributed by atoms with Gasteiger partial charge in [-0.2, -0.15) is 8.42 Å². The molecule has 0 amide bonds. The first-order chi connectivity index (χ1) is 7.18. The van der Waals surface area contributed by atoms with Crippen molar-refractivity contribution in [3.8, 4) is 0 Å². The molecule has 0 unspecified atom stereocenters. The third-order valence-corrected chi connectivity index (χ3v) is 3.49. The van der Waals surface area contributed by atoms with E-state index in [9.17, 15) is 12.3 Å². The first-order valence-corrected chi connectivity index (χ1v) is 6.71. The Morgan fingerprint density at radius 3 is 2.12 bits per heavy atom. The summed E-state index contributed by atoms with van der Waals surface area (Å²) in [6, 6.07) is 7.83. The van der Waals surface area contributed by atoms with Crippen molar-refractivity contribution in [3.05, 3.63) is 35.4 Å². The molecule has 16 heavy (non-hydrogen) atoms. The predicted molar refractivity (Wildman–Crippen MR) is 63.6 cm³/mol. The van der Waals surface area contributed by atoms with Crippen LogP contribution in [-0.4, -0.2) is 14.2 Å². The molecule has 0 fully saturated rings. The molecule has 0 N–H and O–H groups in total. The van der Waals surface area contributed by atoms with E-state index < -0.39 is 21.4 Å². The number of benzene rings is 1. The molecule has 0 spiro atoms. The van der Waals surface area contributed by atoms with Gasteiger partial charge in [0, 0.05) is 0 Å². The van der Waals surface area contributed by atoms with Crippen LogP contribution in [0.1, 0.15) is 25.0 Å². The molecule has 2 nitrogen and oxygen atoms in total. The molecule has 0 atom stereocenters. The summed E-state index contributed by atoms with van der Waals surface area (Å²) in [4.78, 5) is 0. The van der Waals surface area contributed by atoms with Gasteiger partial charge in [0.15, 0.2) is 0 Å². The van der Waals surface area contributed by atoms with Gasteiger partial charge in [0.25, 0.3) is 0 Å². The van der Waals surface area contributed by atoms with E-state index in [0.29, 0.717) is 6.42 Å². The van der Waals surface area contributed by atoms with Crippen LogP contribution in [0.4, 0.5) is 3.89 Å². The lowest BCUT2D eigenvalue weighted by molar-refractivity contribution is 0.401. The van der Waals surface area contributed by atoms with Crippen molar-refractivity contribution in [1.82, 2.24) is 0 Å². The van der Waals surface area contributed by atoms with Gasteiger partial charge in [-0.15, -0.1) is 3.89 Å². The van der Waals surface area contributed by atoms with Crippen LogP contribution < -0.4 is 0 Å². The van der Waals surface area contributed by atoms with Crippen LogP contribution in [0.2, 0.25) is 0 Å². The van der Waals surface area contributed by atoms with Crippen molar-refractivity contribution in [3.63, 3.8) is 0 Å². The first-order valence-electron chi connectivity index (χ1n) is 5.16. The van der Waals surface area contributed by atoms with Gasteiger partial charge in [-0.25, -0.2) is 0 Å². The van der Waals surface area contributed by atoms with Crippen molar-refractivity contribution in [1.29, 1.82) is 0 Å². The van der Waals surface area contributed by atoms with Crippen LogP contribution in [0.3, 0.4) is 0 Å². The Labute approximate surface area is 96.7 Å². The van der Waals surface area contributed by atoms with Gasteiger partial charge in [0.05, 0.1) is 5.75 Å². The summed E-state index contributed by atoms with van der Waals surface area (Å²) in [5.41, 5.74) is 1.60. The van der Waals surface area contributed by atoms with Crippen molar-refractivity contribution in [2.75, 3.05) is 5.75 Å². The molecule has 0 heterocycles. The molecule has 0 saturated heterocycles. The highest BCUT2D eigenvalue weighted by Gasteiger charge is 2.26. The van der Waals surface area contributed by atoms with Gasteiger partial charge in [-0.1, -0.05) is 43.7 Å². The molecule has 1 aromatic carbocycles. The average Bonchev–Trinajstić information content (AvgIpc) is 2.04. The Morgan fingerprint density at radius 1 is 1.19 bits per heavy atom. The second kappa shape index (κ2) is 4.53. The Kier molecular flexibility index (Phi) is 3.73. The van der Waals surface area contributed by atoms with Gasteiger partial charge in [-0.05, 0) is 24.3 Å². The van der Waals surface area contributed by atoms with Gasteiger partial charge in [-0.3, -0.25) is 0 Å². The second-order valence-corrected chi connectivity index (χ2v) is 6.38. The fourth-order valence-corrected chi connectivity index (χ4v) is 2.81. The van der Waals surface area contributed by atoms with E-state index in [1.807, 2.05) is 31.2 Å². The van der Waals surface area contributed by atoms with Gasteiger partial charge < -0.3 is 0 Å². The molecule has 0 aliphatic heterocycles. The molecule has 0 aromatic heterocycles. The van der Waals surface area contributed by atoms with Gasteiger partial charge >= 0.3 is 10.2 Å². The summed E-state index contributed by atoms with van der Waals surface area (Å²) < 4.78 is 33.9. The van der Waals surface area contributed by atoms with E-state index >= 15 is 0 Å². The van der Waals surface area contributed by atoms with Crippen molar-refractivity contribution >= 4 is 10.2 Å². The summed E-state index contributed by atoms with van der Waals surface area (Å²) >= 11 is 0. The monoisotopic (exact) mass is 244 g/mol. The normalized spacial score (nSPS) is 12.8. The number of rotatable bonds is 4. The SMILES string of the molecule is Cc1ccc(CC(C)(C)CS(=O)(=O)F)cc1. The third-order valence-electron chi connectivity index (χ3n) is 2.37. The maximum absolute atomic E-state index is 12.6. The lowest BCUT2D eigenvalue weighted by Gasteiger charge is -2.22. The van der Waals surface area contributed by atoms with Gasteiger partial charge in [0.1, 0.15) is 0 Å². The number of hydrogen-bond donors (Lipinski definition) is 0. The highest BCUT2D eigenvalue weighted by molar-refractivity contribution is 7.86. The fourth-order valence-electron chi connectivity index (χ4n) is 1.78. The van der Waals surface area contributed by atoms with Crippen LogP contribution in [0.15, 0.2) is 24.3 Å². The summed E-state index contributed by atoms with van der Waals surface area (Å²) in [6.07, 6.45) is 0.552. The molecule has 1 aromatic rings. The van der Waals surface area contributed by atoms with Crippen LogP contribution in [0.5, 0.6) is 0 Å². The topological polar surface area (TPSA) is 34.1 Å².